The Labute approximate surface area is 140 Å². The maximum atomic E-state index is 5.13. The van der Waals surface area contributed by atoms with Crippen LogP contribution in [0.3, 0.4) is 0 Å². The van der Waals surface area contributed by atoms with E-state index < -0.39 is 0 Å². The zero-order valence-electron chi connectivity index (χ0n) is 12.5. The third-order valence-electron chi connectivity index (χ3n) is 2.47. The number of nitrogens with zero attached hydrogens (tertiary/aromatic N) is 2. The van der Waals surface area contributed by atoms with Crippen molar-refractivity contribution in [3.8, 4) is 5.75 Å². The number of hydrogen-bond donors (Lipinski definition) is 4. The van der Waals surface area contributed by atoms with E-state index in [0.29, 0.717) is 15.9 Å². The molecule has 0 aliphatic heterocycles. The molecule has 0 aromatic heterocycles. The molecule has 0 saturated heterocycles. The summed E-state index contributed by atoms with van der Waals surface area (Å²) >= 11 is 9.94. The fourth-order valence-corrected chi connectivity index (χ4v) is 1.40. The quantitative estimate of drug-likeness (QED) is 0.355. The van der Waals surface area contributed by atoms with E-state index in [1.54, 1.807) is 21.2 Å². The van der Waals surface area contributed by atoms with Crippen LogP contribution in [-0.2, 0) is 0 Å². The van der Waals surface area contributed by atoms with Crippen LogP contribution in [0.4, 0.5) is 0 Å². The molecule has 0 aliphatic carbocycles. The van der Waals surface area contributed by atoms with Gasteiger partial charge in [0.05, 0.1) is 13.3 Å². The highest BCUT2D eigenvalue weighted by Gasteiger charge is 2.02. The highest BCUT2D eigenvalue weighted by atomic mass is 32.1. The number of ether oxygens (including phenoxy) is 1. The molecule has 22 heavy (non-hydrogen) atoms. The number of benzene rings is 1. The minimum Gasteiger partial charge on any atom is -0.497 e. The van der Waals surface area contributed by atoms with Gasteiger partial charge >= 0.3 is 0 Å². The zero-order valence-corrected chi connectivity index (χ0v) is 14.1. The van der Waals surface area contributed by atoms with Gasteiger partial charge in [0.15, 0.2) is 10.2 Å². The fraction of sp³-hybridized carbons (Fsp3) is 0.231. The normalized spacial score (nSPS) is 11.0. The van der Waals surface area contributed by atoms with Crippen LogP contribution in [0.2, 0.25) is 0 Å². The summed E-state index contributed by atoms with van der Waals surface area (Å²) < 4.78 is 5.13. The van der Waals surface area contributed by atoms with Crippen LogP contribution in [0.25, 0.3) is 0 Å². The summed E-state index contributed by atoms with van der Waals surface area (Å²) in [5, 5.41) is 14.6. The van der Waals surface area contributed by atoms with E-state index in [2.05, 4.69) is 31.7 Å². The summed E-state index contributed by atoms with van der Waals surface area (Å²) in [6, 6.07) is 7.40. The van der Waals surface area contributed by atoms with Gasteiger partial charge in [-0.15, -0.1) is 0 Å². The van der Waals surface area contributed by atoms with Crippen LogP contribution in [0, 0.1) is 0 Å². The molecule has 0 heterocycles. The number of rotatable bonds is 5. The third kappa shape index (κ3) is 6.02. The first-order valence-corrected chi connectivity index (χ1v) is 7.13. The third-order valence-corrected chi connectivity index (χ3v) is 3.06. The summed E-state index contributed by atoms with van der Waals surface area (Å²) in [7, 11) is 5.02. The molecule has 4 N–H and O–H groups in total. The van der Waals surface area contributed by atoms with Crippen LogP contribution in [0.5, 0.6) is 5.75 Å². The van der Waals surface area contributed by atoms with Gasteiger partial charge in [-0.25, -0.2) is 0 Å². The minimum atomic E-state index is 0.401. The van der Waals surface area contributed by atoms with Crippen molar-refractivity contribution in [3.63, 3.8) is 0 Å². The van der Waals surface area contributed by atoms with Crippen LogP contribution in [0.15, 0.2) is 34.5 Å². The molecule has 0 unspecified atom stereocenters. The summed E-state index contributed by atoms with van der Waals surface area (Å²) in [6.45, 7) is 0. The van der Waals surface area contributed by atoms with Crippen molar-refractivity contribution >= 4 is 46.6 Å². The smallest absolute Gasteiger partial charge is 0.186 e. The lowest BCUT2D eigenvalue weighted by Crippen LogP contribution is -2.30. The molecule has 7 nitrogen and oxygen atoms in total. The SMILES string of the molecule is CNC(=S)N/N=C/C(=N/NC(=S)NC)c1ccc(OC)cc1. The summed E-state index contributed by atoms with van der Waals surface area (Å²) in [5.41, 5.74) is 6.80. The van der Waals surface area contributed by atoms with E-state index in [9.17, 15) is 0 Å². The van der Waals surface area contributed by atoms with Gasteiger partial charge in [-0.1, -0.05) is 0 Å². The van der Waals surface area contributed by atoms with Gasteiger partial charge in [-0.3, -0.25) is 10.9 Å². The van der Waals surface area contributed by atoms with Gasteiger partial charge in [0.25, 0.3) is 0 Å². The Morgan fingerprint density at radius 3 is 2.18 bits per heavy atom. The van der Waals surface area contributed by atoms with Crippen LogP contribution in [0.1, 0.15) is 5.56 Å². The Balaban J connectivity index is 2.93. The molecule has 1 aromatic carbocycles. The minimum absolute atomic E-state index is 0.401. The van der Waals surface area contributed by atoms with Crippen molar-refractivity contribution in [2.45, 2.75) is 0 Å². The molecule has 118 valence electrons. The highest BCUT2D eigenvalue weighted by Crippen LogP contribution is 2.11. The molecule has 0 fully saturated rings. The number of thiocarbonyl (C=S) groups is 2. The predicted octanol–water partition coefficient (Wildman–Crippen LogP) is 0.573. The van der Waals surface area contributed by atoms with Gasteiger partial charge < -0.3 is 15.4 Å². The first-order valence-electron chi connectivity index (χ1n) is 6.31. The van der Waals surface area contributed by atoms with Crippen molar-refractivity contribution in [2.24, 2.45) is 10.2 Å². The molecule has 1 aromatic rings. The largest absolute Gasteiger partial charge is 0.497 e. The highest BCUT2D eigenvalue weighted by molar-refractivity contribution is 7.80. The van der Waals surface area contributed by atoms with E-state index >= 15 is 0 Å². The van der Waals surface area contributed by atoms with Crippen molar-refractivity contribution in [1.29, 1.82) is 0 Å². The second-order valence-electron chi connectivity index (χ2n) is 3.87. The second kappa shape index (κ2) is 9.64. The average Bonchev–Trinajstić information content (AvgIpc) is 2.57. The van der Waals surface area contributed by atoms with E-state index in [1.165, 1.54) is 6.21 Å². The first kappa shape index (κ1) is 17.8. The molecule has 0 bridgehead atoms. The van der Waals surface area contributed by atoms with Crippen LogP contribution in [-0.4, -0.2) is 43.4 Å². The fourth-order valence-electron chi connectivity index (χ4n) is 1.30. The van der Waals surface area contributed by atoms with Gasteiger partial charge in [0.2, 0.25) is 0 Å². The standard InChI is InChI=1S/C13H18N6OS2/c1-14-12(21)18-16-8-11(17-19-13(22)15-2)9-4-6-10(20-3)7-5-9/h4-8H,1-3H3,(H2,14,18,21)(H2,15,19,22)/b16-8+,17-11-. The summed E-state index contributed by atoms with van der Waals surface area (Å²) in [4.78, 5) is 0. The van der Waals surface area contributed by atoms with Gasteiger partial charge in [0, 0.05) is 19.7 Å². The molecule has 0 atom stereocenters. The Kier molecular flexibility index (Phi) is 7.79. The topological polar surface area (TPSA) is 82.1 Å². The molecule has 0 saturated carbocycles. The van der Waals surface area contributed by atoms with E-state index in [1.807, 2.05) is 24.3 Å². The first-order chi connectivity index (χ1) is 10.6. The monoisotopic (exact) mass is 338 g/mol. The van der Waals surface area contributed by atoms with Crippen molar-refractivity contribution in [2.75, 3.05) is 21.2 Å². The molecule has 0 radical (unpaired) electrons. The Bertz CT molecular complexity index is 570. The molecular weight excluding hydrogens is 320 g/mol. The second-order valence-corrected chi connectivity index (χ2v) is 4.68. The molecule has 0 amide bonds. The maximum Gasteiger partial charge on any atom is 0.186 e. The Morgan fingerprint density at radius 2 is 1.64 bits per heavy atom. The summed E-state index contributed by atoms with van der Waals surface area (Å²) in [6.07, 6.45) is 1.54. The van der Waals surface area contributed by atoms with Gasteiger partial charge in [-0.2, -0.15) is 10.2 Å². The molecular formula is C13H18N6OS2. The van der Waals surface area contributed by atoms with Crippen molar-refractivity contribution < 1.29 is 4.74 Å². The van der Waals surface area contributed by atoms with Gasteiger partial charge in [-0.05, 0) is 48.7 Å². The molecule has 0 spiro atoms. The van der Waals surface area contributed by atoms with Crippen LogP contribution < -0.4 is 26.2 Å². The summed E-state index contributed by atoms with van der Waals surface area (Å²) in [5.74, 6) is 0.758. The lowest BCUT2D eigenvalue weighted by atomic mass is 10.1. The lowest BCUT2D eigenvalue weighted by molar-refractivity contribution is 0.415. The zero-order chi connectivity index (χ0) is 16.4. The van der Waals surface area contributed by atoms with Crippen molar-refractivity contribution in [1.82, 2.24) is 21.5 Å². The number of hydrogen-bond acceptors (Lipinski definition) is 5. The number of hydrazone groups is 2. The molecule has 1 rings (SSSR count). The average molecular weight is 338 g/mol. The lowest BCUT2D eigenvalue weighted by Gasteiger charge is -2.06. The predicted molar refractivity (Wildman–Crippen MR) is 97.6 cm³/mol. The van der Waals surface area contributed by atoms with Gasteiger partial charge in [0.1, 0.15) is 11.5 Å². The van der Waals surface area contributed by atoms with Crippen molar-refractivity contribution in [3.05, 3.63) is 29.8 Å². The van der Waals surface area contributed by atoms with E-state index in [0.717, 1.165) is 11.3 Å². The number of nitrogens with one attached hydrogen (secondary N) is 4. The maximum absolute atomic E-state index is 5.13. The number of methoxy groups -OCH3 is 1. The van der Waals surface area contributed by atoms with E-state index in [-0.39, 0.29) is 0 Å². The van der Waals surface area contributed by atoms with Crippen LogP contribution >= 0.6 is 24.4 Å². The van der Waals surface area contributed by atoms with E-state index in [4.69, 9.17) is 29.2 Å². The molecule has 0 aliphatic rings. The Hall–Kier alpha value is -2.26. The Morgan fingerprint density at radius 1 is 1.05 bits per heavy atom. The molecule has 9 heteroatoms.